The van der Waals surface area contributed by atoms with Crippen molar-refractivity contribution in [2.24, 2.45) is 0 Å². The Morgan fingerprint density at radius 1 is 1.41 bits per heavy atom. The topological polar surface area (TPSA) is 61.4 Å². The van der Waals surface area contributed by atoms with Gasteiger partial charge in [0.2, 0.25) is 5.91 Å². The number of hydrogen-bond donors (Lipinski definition) is 3. The van der Waals surface area contributed by atoms with E-state index in [0.29, 0.717) is 13.0 Å². The van der Waals surface area contributed by atoms with Gasteiger partial charge in [-0.3, -0.25) is 4.79 Å². The van der Waals surface area contributed by atoms with E-state index in [4.69, 9.17) is 5.11 Å². The molecular formula is C10H17F3N2O2. The number of alkyl halides is 3. The van der Waals surface area contributed by atoms with Gasteiger partial charge in [-0.25, -0.2) is 0 Å². The molecule has 1 fully saturated rings. The van der Waals surface area contributed by atoms with E-state index in [0.717, 1.165) is 19.3 Å². The highest BCUT2D eigenvalue weighted by atomic mass is 19.4. The molecule has 1 rings (SSSR count). The van der Waals surface area contributed by atoms with E-state index in [1.807, 2.05) is 0 Å². The van der Waals surface area contributed by atoms with Crippen molar-refractivity contribution in [2.45, 2.75) is 44.0 Å². The molecule has 0 spiro atoms. The summed E-state index contributed by atoms with van der Waals surface area (Å²) in [6.45, 7) is -0.0968. The van der Waals surface area contributed by atoms with Gasteiger partial charge in [-0.15, -0.1) is 0 Å². The van der Waals surface area contributed by atoms with Gasteiger partial charge >= 0.3 is 6.18 Å². The van der Waals surface area contributed by atoms with Crippen LogP contribution >= 0.6 is 0 Å². The van der Waals surface area contributed by atoms with Crippen LogP contribution in [0, 0.1) is 0 Å². The summed E-state index contributed by atoms with van der Waals surface area (Å²) in [6, 6.07) is -0.446. The Morgan fingerprint density at radius 3 is 2.76 bits per heavy atom. The summed E-state index contributed by atoms with van der Waals surface area (Å²) in [6.07, 6.45) is -3.71. The third-order valence-electron chi connectivity index (χ3n) is 2.72. The molecule has 1 amide bonds. The fourth-order valence-corrected chi connectivity index (χ4v) is 1.69. The quantitative estimate of drug-likeness (QED) is 0.689. The summed E-state index contributed by atoms with van der Waals surface area (Å²) in [5.41, 5.74) is 0. The molecule has 0 aromatic heterocycles. The second-order valence-electron chi connectivity index (χ2n) is 4.16. The fraction of sp³-hybridized carbons (Fsp3) is 0.900. The van der Waals surface area contributed by atoms with Crippen LogP contribution in [0.1, 0.15) is 25.7 Å². The smallest absolute Gasteiger partial charge is 0.382 e. The maximum atomic E-state index is 12.0. The molecule has 0 radical (unpaired) electrons. The second kappa shape index (κ2) is 6.20. The molecule has 1 aliphatic rings. The van der Waals surface area contributed by atoms with Gasteiger partial charge in [-0.05, 0) is 19.4 Å². The lowest BCUT2D eigenvalue weighted by atomic mass is 10.1. The molecule has 3 N–H and O–H groups in total. The van der Waals surface area contributed by atoms with E-state index in [1.165, 1.54) is 0 Å². The van der Waals surface area contributed by atoms with E-state index < -0.39 is 30.8 Å². The molecular weight excluding hydrogens is 237 g/mol. The number of amides is 1. The van der Waals surface area contributed by atoms with Gasteiger partial charge < -0.3 is 15.7 Å². The summed E-state index contributed by atoms with van der Waals surface area (Å²) >= 11 is 0. The van der Waals surface area contributed by atoms with Crippen LogP contribution in [-0.2, 0) is 4.79 Å². The first-order chi connectivity index (χ1) is 7.91. The van der Waals surface area contributed by atoms with Gasteiger partial charge in [0.15, 0.2) is 6.10 Å². The van der Waals surface area contributed by atoms with Gasteiger partial charge in [0, 0.05) is 0 Å². The molecule has 1 saturated heterocycles. The lowest BCUT2D eigenvalue weighted by Gasteiger charge is -2.18. The molecule has 17 heavy (non-hydrogen) atoms. The zero-order chi connectivity index (χ0) is 12.9. The molecule has 1 aliphatic heterocycles. The minimum absolute atomic E-state index is 0.446. The molecule has 7 heteroatoms. The fourth-order valence-electron chi connectivity index (χ4n) is 1.69. The first-order valence-corrected chi connectivity index (χ1v) is 5.67. The molecule has 100 valence electrons. The lowest BCUT2D eigenvalue weighted by molar-refractivity contribution is -0.201. The Morgan fingerprint density at radius 2 is 2.12 bits per heavy atom. The number of rotatable bonds is 3. The molecule has 0 aliphatic carbocycles. The van der Waals surface area contributed by atoms with Crippen molar-refractivity contribution in [3.63, 3.8) is 0 Å². The summed E-state index contributed by atoms with van der Waals surface area (Å²) in [7, 11) is 0. The molecule has 2 atom stereocenters. The van der Waals surface area contributed by atoms with Crippen LogP contribution in [0.25, 0.3) is 0 Å². The average Bonchev–Trinajstić information content (AvgIpc) is 2.52. The van der Waals surface area contributed by atoms with Crippen molar-refractivity contribution >= 4 is 5.91 Å². The summed E-state index contributed by atoms with van der Waals surface area (Å²) < 4.78 is 36.0. The number of hydrogen-bond acceptors (Lipinski definition) is 3. The maximum absolute atomic E-state index is 12.0. The van der Waals surface area contributed by atoms with E-state index in [2.05, 4.69) is 10.6 Å². The minimum Gasteiger partial charge on any atom is -0.382 e. The van der Waals surface area contributed by atoms with E-state index in [-0.39, 0.29) is 0 Å². The van der Waals surface area contributed by atoms with Crippen LogP contribution in [0.4, 0.5) is 13.2 Å². The molecule has 0 aromatic rings. The zero-order valence-corrected chi connectivity index (χ0v) is 9.39. The third kappa shape index (κ3) is 4.91. The van der Waals surface area contributed by atoms with E-state index >= 15 is 0 Å². The SMILES string of the molecule is O=C(NCC(O)C(F)(F)F)C1CCCCCN1. The monoisotopic (exact) mass is 254 g/mol. The van der Waals surface area contributed by atoms with Crippen molar-refractivity contribution in [1.82, 2.24) is 10.6 Å². The highest BCUT2D eigenvalue weighted by Crippen LogP contribution is 2.19. The van der Waals surface area contributed by atoms with Crippen molar-refractivity contribution in [1.29, 1.82) is 0 Å². The Kier molecular flexibility index (Phi) is 5.20. The van der Waals surface area contributed by atoms with Crippen molar-refractivity contribution < 1.29 is 23.1 Å². The van der Waals surface area contributed by atoms with Crippen molar-refractivity contribution in [3.8, 4) is 0 Å². The molecule has 4 nitrogen and oxygen atoms in total. The second-order valence-corrected chi connectivity index (χ2v) is 4.16. The predicted octanol–water partition coefficient (Wildman–Crippen LogP) is 0.558. The molecule has 1 heterocycles. The van der Waals surface area contributed by atoms with Gasteiger partial charge in [0.05, 0.1) is 12.6 Å². The predicted molar refractivity (Wildman–Crippen MR) is 55.3 cm³/mol. The molecule has 0 aromatic carbocycles. The minimum atomic E-state index is -4.69. The molecule has 0 saturated carbocycles. The van der Waals surface area contributed by atoms with Gasteiger partial charge in [-0.1, -0.05) is 12.8 Å². The maximum Gasteiger partial charge on any atom is 0.416 e. The first-order valence-electron chi connectivity index (χ1n) is 5.67. The number of aliphatic hydroxyl groups is 1. The van der Waals surface area contributed by atoms with E-state index in [1.54, 1.807) is 0 Å². The third-order valence-corrected chi connectivity index (χ3v) is 2.72. The Hall–Kier alpha value is -0.820. The highest BCUT2D eigenvalue weighted by Gasteiger charge is 2.38. The number of halogens is 3. The lowest BCUT2D eigenvalue weighted by Crippen LogP contribution is -2.48. The Balaban J connectivity index is 2.33. The summed E-state index contributed by atoms with van der Waals surface area (Å²) in [5, 5.41) is 13.8. The zero-order valence-electron chi connectivity index (χ0n) is 9.39. The molecule has 0 bridgehead atoms. The standard InChI is InChI=1S/C10H17F3N2O2/c11-10(12,13)8(16)6-15-9(17)7-4-2-1-3-5-14-7/h7-8,14,16H,1-6H2,(H,15,17). The number of aliphatic hydroxyl groups excluding tert-OH is 1. The summed E-state index contributed by atoms with van der Waals surface area (Å²) in [4.78, 5) is 11.5. The van der Waals surface area contributed by atoms with Crippen molar-refractivity contribution in [2.75, 3.05) is 13.1 Å². The van der Waals surface area contributed by atoms with Gasteiger partial charge in [0.25, 0.3) is 0 Å². The Bertz CT molecular complexity index is 250. The summed E-state index contributed by atoms with van der Waals surface area (Å²) in [5.74, 6) is -0.477. The largest absolute Gasteiger partial charge is 0.416 e. The number of nitrogens with one attached hydrogen (secondary N) is 2. The number of carbonyl (C=O) groups is 1. The normalized spacial score (nSPS) is 23.9. The average molecular weight is 254 g/mol. The van der Waals surface area contributed by atoms with Crippen LogP contribution in [0.3, 0.4) is 0 Å². The van der Waals surface area contributed by atoms with Gasteiger partial charge in [0.1, 0.15) is 0 Å². The highest BCUT2D eigenvalue weighted by molar-refractivity contribution is 5.81. The first kappa shape index (κ1) is 14.2. The van der Waals surface area contributed by atoms with Crippen LogP contribution in [0.2, 0.25) is 0 Å². The van der Waals surface area contributed by atoms with Crippen LogP contribution in [-0.4, -0.2) is 42.4 Å². The van der Waals surface area contributed by atoms with Crippen LogP contribution < -0.4 is 10.6 Å². The van der Waals surface area contributed by atoms with E-state index in [9.17, 15) is 18.0 Å². The Labute approximate surface area is 97.6 Å². The number of carbonyl (C=O) groups excluding carboxylic acids is 1. The van der Waals surface area contributed by atoms with Crippen LogP contribution in [0.15, 0.2) is 0 Å². The van der Waals surface area contributed by atoms with Gasteiger partial charge in [-0.2, -0.15) is 13.2 Å². The van der Waals surface area contributed by atoms with Crippen LogP contribution in [0.5, 0.6) is 0 Å². The molecule has 2 unspecified atom stereocenters. The van der Waals surface area contributed by atoms with Crippen molar-refractivity contribution in [3.05, 3.63) is 0 Å².